The molecule has 0 saturated carbocycles. The van der Waals surface area contributed by atoms with Crippen molar-refractivity contribution in [3.63, 3.8) is 0 Å². The highest BCUT2D eigenvalue weighted by Crippen LogP contribution is 2.38. The van der Waals surface area contributed by atoms with Gasteiger partial charge in [-0.3, -0.25) is 9.80 Å². The summed E-state index contributed by atoms with van der Waals surface area (Å²) in [5.74, 6) is 3.11. The van der Waals surface area contributed by atoms with Crippen LogP contribution >= 0.6 is 23.2 Å². The molecule has 2 fully saturated rings. The molecular formula is C26H35Cl2N3. The van der Waals surface area contributed by atoms with Crippen LogP contribution in [-0.2, 0) is 6.54 Å². The normalized spacial score (nSPS) is 31.5. The minimum absolute atomic E-state index is 0.745. The van der Waals surface area contributed by atoms with E-state index in [1.807, 2.05) is 0 Å². The van der Waals surface area contributed by atoms with Crippen LogP contribution in [0, 0.1) is 23.7 Å². The third-order valence-corrected chi connectivity index (χ3v) is 8.50. The first-order valence-electron chi connectivity index (χ1n) is 12.0. The second kappa shape index (κ2) is 9.97. The fraction of sp³-hybridized carbons (Fsp3) is 0.615. The van der Waals surface area contributed by atoms with Gasteiger partial charge in [0.1, 0.15) is 0 Å². The molecule has 2 saturated heterocycles. The Morgan fingerprint density at radius 1 is 0.774 bits per heavy atom. The molecule has 2 aliphatic carbocycles. The van der Waals surface area contributed by atoms with E-state index in [0.717, 1.165) is 79.3 Å². The molecule has 0 N–H and O–H groups in total. The highest BCUT2D eigenvalue weighted by Gasteiger charge is 2.36. The van der Waals surface area contributed by atoms with E-state index in [2.05, 4.69) is 57.2 Å². The monoisotopic (exact) mass is 459 g/mol. The zero-order valence-electron chi connectivity index (χ0n) is 18.4. The van der Waals surface area contributed by atoms with Crippen LogP contribution in [0.15, 0.2) is 52.5 Å². The van der Waals surface area contributed by atoms with Gasteiger partial charge in [-0.05, 0) is 54.9 Å². The number of hydrogen-bond acceptors (Lipinski definition) is 3. The Bertz CT molecular complexity index is 808. The van der Waals surface area contributed by atoms with Crippen LogP contribution < -0.4 is 0 Å². The van der Waals surface area contributed by atoms with Gasteiger partial charge in [-0.1, -0.05) is 65.7 Å². The zero-order chi connectivity index (χ0) is 21.2. The number of rotatable bonds is 7. The van der Waals surface area contributed by atoms with E-state index in [9.17, 15) is 0 Å². The number of nitrogens with zero attached hydrogens (tertiary/aromatic N) is 3. The highest BCUT2D eigenvalue weighted by molar-refractivity contribution is 6.29. The van der Waals surface area contributed by atoms with E-state index in [0.29, 0.717) is 0 Å². The van der Waals surface area contributed by atoms with Crippen LogP contribution in [0.3, 0.4) is 0 Å². The lowest BCUT2D eigenvalue weighted by atomic mass is 9.86. The number of halogens is 2. The van der Waals surface area contributed by atoms with Crippen LogP contribution in [0.5, 0.6) is 0 Å². The van der Waals surface area contributed by atoms with Crippen molar-refractivity contribution >= 4 is 23.2 Å². The Morgan fingerprint density at radius 2 is 1.35 bits per heavy atom. The quantitative estimate of drug-likeness (QED) is 0.541. The van der Waals surface area contributed by atoms with E-state index < -0.39 is 0 Å². The lowest BCUT2D eigenvalue weighted by molar-refractivity contribution is 0.127. The second-order valence-electron chi connectivity index (χ2n) is 10.2. The number of hydrogen-bond donors (Lipinski definition) is 0. The summed E-state index contributed by atoms with van der Waals surface area (Å²) < 4.78 is 0. The van der Waals surface area contributed by atoms with Gasteiger partial charge < -0.3 is 4.90 Å². The standard InChI is InChI=1S/C26H35Cl2N3/c27-25-8-6-21-15-29(17-23(21)12-25)10-11-30(14-20-4-2-1-3-5-20)19-31-16-22-7-9-26(28)13-24(22)18-31/h1-5,8-9,21-24H,6-7,10-19H2/t21-,22+,23+,24-/m1/s1. The van der Waals surface area contributed by atoms with Gasteiger partial charge in [0.15, 0.2) is 0 Å². The number of likely N-dealkylation sites (tertiary alicyclic amines) is 2. The first-order valence-corrected chi connectivity index (χ1v) is 12.8. The van der Waals surface area contributed by atoms with Crippen LogP contribution in [0.2, 0.25) is 0 Å². The molecule has 0 bridgehead atoms. The first kappa shape index (κ1) is 22.0. The molecule has 1 aromatic rings. The van der Waals surface area contributed by atoms with Gasteiger partial charge in [-0.15, -0.1) is 0 Å². The predicted octanol–water partition coefficient (Wildman–Crippen LogP) is 5.38. The fourth-order valence-electron chi connectivity index (χ4n) is 6.20. The maximum absolute atomic E-state index is 6.34. The molecule has 0 aromatic heterocycles. The second-order valence-corrected chi connectivity index (χ2v) is 11.2. The van der Waals surface area contributed by atoms with Gasteiger partial charge in [-0.2, -0.15) is 0 Å². The van der Waals surface area contributed by atoms with Gasteiger partial charge in [0.25, 0.3) is 0 Å². The predicted molar refractivity (Wildman–Crippen MR) is 130 cm³/mol. The molecule has 168 valence electrons. The molecule has 2 heterocycles. The summed E-state index contributed by atoms with van der Waals surface area (Å²) in [6.45, 7) is 9.24. The smallest absolute Gasteiger partial charge is 0.0510 e. The van der Waals surface area contributed by atoms with E-state index in [1.165, 1.54) is 38.2 Å². The van der Waals surface area contributed by atoms with Crippen molar-refractivity contribution < 1.29 is 0 Å². The van der Waals surface area contributed by atoms with Gasteiger partial charge >= 0.3 is 0 Å². The average Bonchev–Trinajstić information content (AvgIpc) is 3.35. The Labute approximate surface area is 197 Å². The van der Waals surface area contributed by atoms with Gasteiger partial charge in [-0.25, -0.2) is 0 Å². The average molecular weight is 460 g/mol. The highest BCUT2D eigenvalue weighted by atomic mass is 35.5. The molecule has 2 aliphatic heterocycles. The third-order valence-electron chi connectivity index (χ3n) is 7.88. The minimum atomic E-state index is 0.745. The van der Waals surface area contributed by atoms with Crippen molar-refractivity contribution in [3.8, 4) is 0 Å². The van der Waals surface area contributed by atoms with Crippen molar-refractivity contribution in [2.75, 3.05) is 45.9 Å². The van der Waals surface area contributed by atoms with Crippen molar-refractivity contribution in [2.45, 2.75) is 32.2 Å². The van der Waals surface area contributed by atoms with E-state index in [-0.39, 0.29) is 0 Å². The molecule has 5 heteroatoms. The van der Waals surface area contributed by atoms with Crippen molar-refractivity contribution in [3.05, 3.63) is 58.1 Å². The maximum atomic E-state index is 6.34. The maximum Gasteiger partial charge on any atom is 0.0510 e. The SMILES string of the molecule is ClC1=CC[C@H]2CN(CN(CCN3C[C@H]4CC=C(Cl)C[C@H]4C3)Cc3ccccc3)C[C@H]2C1. The Balaban J connectivity index is 1.18. The summed E-state index contributed by atoms with van der Waals surface area (Å²) in [7, 11) is 0. The molecule has 0 unspecified atom stereocenters. The summed E-state index contributed by atoms with van der Waals surface area (Å²) in [6.07, 6.45) is 8.99. The minimum Gasteiger partial charge on any atom is -0.301 e. The number of fused-ring (bicyclic) bond motifs is 2. The Morgan fingerprint density at radius 3 is 2.03 bits per heavy atom. The van der Waals surface area contributed by atoms with Gasteiger partial charge in [0, 0.05) is 55.9 Å². The summed E-state index contributed by atoms with van der Waals surface area (Å²) in [5.41, 5.74) is 1.41. The van der Waals surface area contributed by atoms with Gasteiger partial charge in [0.05, 0.1) is 6.67 Å². The molecule has 4 atom stereocenters. The summed E-state index contributed by atoms with van der Waals surface area (Å²) in [5, 5.41) is 2.16. The lowest BCUT2D eigenvalue weighted by Crippen LogP contribution is -2.41. The van der Waals surface area contributed by atoms with E-state index in [4.69, 9.17) is 23.2 Å². The van der Waals surface area contributed by atoms with Crippen LogP contribution in [-0.4, -0.2) is 60.6 Å². The number of allylic oxidation sites excluding steroid dienone is 4. The molecule has 1 aromatic carbocycles. The molecule has 31 heavy (non-hydrogen) atoms. The van der Waals surface area contributed by atoms with E-state index in [1.54, 1.807) is 0 Å². The first-order chi connectivity index (χ1) is 15.1. The molecular weight excluding hydrogens is 425 g/mol. The van der Waals surface area contributed by atoms with Crippen LogP contribution in [0.1, 0.15) is 31.2 Å². The van der Waals surface area contributed by atoms with Crippen LogP contribution in [0.4, 0.5) is 0 Å². The van der Waals surface area contributed by atoms with Gasteiger partial charge in [0.2, 0.25) is 0 Å². The number of benzene rings is 1. The lowest BCUT2D eigenvalue weighted by Gasteiger charge is -2.30. The molecule has 5 rings (SSSR count). The zero-order valence-corrected chi connectivity index (χ0v) is 19.9. The molecule has 0 radical (unpaired) electrons. The third kappa shape index (κ3) is 5.57. The van der Waals surface area contributed by atoms with Crippen molar-refractivity contribution in [2.24, 2.45) is 23.7 Å². The molecule has 4 aliphatic rings. The summed E-state index contributed by atoms with van der Waals surface area (Å²) >= 11 is 12.7. The molecule has 0 amide bonds. The van der Waals surface area contributed by atoms with Crippen molar-refractivity contribution in [1.82, 2.24) is 14.7 Å². The summed E-state index contributed by atoms with van der Waals surface area (Å²) in [6, 6.07) is 11.0. The van der Waals surface area contributed by atoms with Crippen LogP contribution in [0.25, 0.3) is 0 Å². The largest absolute Gasteiger partial charge is 0.301 e. The fourth-order valence-corrected chi connectivity index (χ4v) is 6.77. The topological polar surface area (TPSA) is 9.72 Å². The molecule has 3 nitrogen and oxygen atoms in total. The van der Waals surface area contributed by atoms with E-state index >= 15 is 0 Å². The Kier molecular flexibility index (Phi) is 7.07. The summed E-state index contributed by atoms with van der Waals surface area (Å²) in [4.78, 5) is 8.02. The Hall–Kier alpha value is -0.840. The molecule has 0 spiro atoms. The van der Waals surface area contributed by atoms with Crippen molar-refractivity contribution in [1.29, 1.82) is 0 Å².